The Kier molecular flexibility index (Phi) is 6.75. The molecule has 0 radical (unpaired) electrons. The molecule has 5 rings (SSSR count). The van der Waals surface area contributed by atoms with E-state index >= 15 is 0 Å². The van der Waals surface area contributed by atoms with Crippen molar-refractivity contribution in [1.29, 1.82) is 0 Å². The summed E-state index contributed by atoms with van der Waals surface area (Å²) in [7, 11) is 1.55. The van der Waals surface area contributed by atoms with E-state index in [0.29, 0.717) is 18.8 Å². The normalized spacial score (nSPS) is 14.1. The fourth-order valence-corrected chi connectivity index (χ4v) is 5.43. The molecule has 1 aliphatic rings. The van der Waals surface area contributed by atoms with Crippen LogP contribution in [0.3, 0.4) is 0 Å². The van der Waals surface area contributed by atoms with Crippen molar-refractivity contribution in [2.75, 3.05) is 23.7 Å². The molecule has 1 saturated heterocycles. The number of halogens is 1. The number of anilines is 3. The van der Waals surface area contributed by atoms with Crippen LogP contribution < -0.4 is 16.2 Å². The van der Waals surface area contributed by atoms with Crippen molar-refractivity contribution in [2.45, 2.75) is 25.7 Å². The number of likely N-dealkylation sites (tertiary alicyclic amines) is 1. The Balaban J connectivity index is 1.47. The van der Waals surface area contributed by atoms with E-state index in [9.17, 15) is 18.8 Å². The lowest BCUT2D eigenvalue weighted by molar-refractivity contribution is -0.114. The number of fused-ring (bicyclic) bond motifs is 1. The van der Waals surface area contributed by atoms with E-state index < -0.39 is 11.5 Å². The van der Waals surface area contributed by atoms with Crippen LogP contribution in [-0.2, 0) is 11.8 Å². The minimum atomic E-state index is -0.428. The highest BCUT2D eigenvalue weighted by molar-refractivity contribution is 7.16. The number of piperidine rings is 1. The minimum absolute atomic E-state index is 0.0199. The van der Waals surface area contributed by atoms with E-state index in [2.05, 4.69) is 15.6 Å². The Morgan fingerprint density at radius 2 is 1.81 bits per heavy atom. The minimum Gasteiger partial charge on any atom is -0.353 e. The maximum absolute atomic E-state index is 13.8. The van der Waals surface area contributed by atoms with Crippen molar-refractivity contribution in [3.8, 4) is 0 Å². The Morgan fingerprint density at radius 1 is 1.08 bits per heavy atom. The van der Waals surface area contributed by atoms with Crippen LogP contribution in [0.2, 0.25) is 0 Å². The summed E-state index contributed by atoms with van der Waals surface area (Å²) >= 11 is 1.48. The average Bonchev–Trinajstić information content (AvgIpc) is 3.36. The Morgan fingerprint density at radius 3 is 2.51 bits per heavy atom. The number of amides is 2. The highest BCUT2D eigenvalue weighted by Crippen LogP contribution is 2.33. The number of thiazole rings is 1. The summed E-state index contributed by atoms with van der Waals surface area (Å²) < 4.78 is 15.6. The van der Waals surface area contributed by atoms with Crippen LogP contribution in [0.15, 0.2) is 59.0 Å². The van der Waals surface area contributed by atoms with Gasteiger partial charge in [0.2, 0.25) is 5.91 Å². The second kappa shape index (κ2) is 10.1. The zero-order chi connectivity index (χ0) is 26.1. The third kappa shape index (κ3) is 5.10. The summed E-state index contributed by atoms with van der Waals surface area (Å²) in [5.41, 5.74) is 4.46. The molecule has 0 saturated carbocycles. The molecule has 0 spiro atoms. The van der Waals surface area contributed by atoms with Crippen LogP contribution >= 0.6 is 11.3 Å². The average molecular weight is 520 g/mol. The quantitative estimate of drug-likeness (QED) is 0.393. The van der Waals surface area contributed by atoms with Crippen molar-refractivity contribution in [3.05, 3.63) is 81.5 Å². The largest absolute Gasteiger partial charge is 0.353 e. The number of aromatic nitrogens is 2. The first-order valence-corrected chi connectivity index (χ1v) is 12.8. The highest BCUT2D eigenvalue weighted by Gasteiger charge is 2.28. The molecule has 8 nitrogen and oxygen atoms in total. The smallest absolute Gasteiger partial charge is 0.276 e. The molecule has 190 valence electrons. The Hall–Kier alpha value is -4.05. The van der Waals surface area contributed by atoms with Crippen LogP contribution in [0.5, 0.6) is 0 Å². The van der Waals surface area contributed by atoms with Crippen molar-refractivity contribution < 1.29 is 14.0 Å². The number of carbonyl (C=O) groups excluding carboxylic acids is 2. The Bertz CT molecular complexity index is 1540. The monoisotopic (exact) mass is 519 g/mol. The van der Waals surface area contributed by atoms with Gasteiger partial charge in [0.15, 0.2) is 0 Å². The van der Waals surface area contributed by atoms with Gasteiger partial charge in [0.1, 0.15) is 11.5 Å². The van der Waals surface area contributed by atoms with Crippen LogP contribution in [-0.4, -0.2) is 39.4 Å². The van der Waals surface area contributed by atoms with Gasteiger partial charge in [-0.3, -0.25) is 14.4 Å². The molecule has 2 aromatic carbocycles. The molecule has 1 fully saturated rings. The number of carbonyl (C=O) groups is 2. The van der Waals surface area contributed by atoms with Gasteiger partial charge in [-0.2, -0.15) is 0 Å². The molecule has 0 atom stereocenters. The fraction of sp³-hybridized carbons (Fsp3) is 0.259. The predicted molar refractivity (Wildman–Crippen MR) is 143 cm³/mol. The van der Waals surface area contributed by atoms with E-state index in [4.69, 9.17) is 0 Å². The van der Waals surface area contributed by atoms with E-state index in [1.54, 1.807) is 29.6 Å². The molecule has 2 amide bonds. The van der Waals surface area contributed by atoms with E-state index in [1.165, 1.54) is 41.2 Å². The number of nitrogens with zero attached hydrogens (tertiary/aromatic N) is 3. The predicted octanol–water partition coefficient (Wildman–Crippen LogP) is 4.86. The topological polar surface area (TPSA) is 96.3 Å². The van der Waals surface area contributed by atoms with Gasteiger partial charge in [-0.05, 0) is 54.7 Å². The first-order chi connectivity index (χ1) is 17.8. The van der Waals surface area contributed by atoms with Gasteiger partial charge >= 0.3 is 0 Å². The first kappa shape index (κ1) is 24.6. The third-order valence-corrected chi connectivity index (χ3v) is 7.42. The number of hydrogen-bond donors (Lipinski definition) is 2. The van der Waals surface area contributed by atoms with Gasteiger partial charge in [-0.15, -0.1) is 11.3 Å². The maximum Gasteiger partial charge on any atom is 0.276 e. The lowest BCUT2D eigenvalue weighted by Gasteiger charge is -2.33. The summed E-state index contributed by atoms with van der Waals surface area (Å²) in [6.45, 7) is 2.36. The van der Waals surface area contributed by atoms with Crippen molar-refractivity contribution in [1.82, 2.24) is 14.5 Å². The Labute approximate surface area is 216 Å². The molecule has 1 aliphatic heterocycles. The summed E-state index contributed by atoms with van der Waals surface area (Å²) in [5, 5.41) is 5.84. The summed E-state index contributed by atoms with van der Waals surface area (Å²) in [4.78, 5) is 44.8. The van der Waals surface area contributed by atoms with E-state index in [0.717, 1.165) is 28.6 Å². The van der Waals surface area contributed by atoms with Gasteiger partial charge in [-0.25, -0.2) is 9.37 Å². The number of aryl methyl sites for hydroxylation is 1. The van der Waals surface area contributed by atoms with Gasteiger partial charge in [-0.1, -0.05) is 12.1 Å². The maximum atomic E-state index is 13.8. The van der Waals surface area contributed by atoms with Gasteiger partial charge < -0.3 is 20.1 Å². The van der Waals surface area contributed by atoms with Crippen LogP contribution in [0.4, 0.5) is 21.5 Å². The van der Waals surface area contributed by atoms with Gasteiger partial charge in [0, 0.05) is 38.9 Å². The molecule has 37 heavy (non-hydrogen) atoms. The lowest BCUT2D eigenvalue weighted by Crippen LogP contribution is -2.39. The van der Waals surface area contributed by atoms with Crippen LogP contribution in [0.1, 0.15) is 41.6 Å². The fourth-order valence-electron chi connectivity index (χ4n) is 4.72. The van der Waals surface area contributed by atoms with Crippen molar-refractivity contribution in [3.63, 3.8) is 0 Å². The molecule has 3 heterocycles. The summed E-state index contributed by atoms with van der Waals surface area (Å²) in [6.07, 6.45) is 2.99. The molecule has 2 N–H and O–H groups in total. The third-order valence-electron chi connectivity index (χ3n) is 6.63. The first-order valence-electron chi connectivity index (χ1n) is 12.0. The zero-order valence-corrected chi connectivity index (χ0v) is 21.3. The highest BCUT2D eigenvalue weighted by atomic mass is 32.1. The summed E-state index contributed by atoms with van der Waals surface area (Å²) in [6, 6.07) is 12.1. The van der Waals surface area contributed by atoms with Gasteiger partial charge in [0.05, 0.1) is 27.0 Å². The molecule has 10 heteroatoms. The van der Waals surface area contributed by atoms with Crippen LogP contribution in [0.25, 0.3) is 10.2 Å². The molecule has 0 aliphatic carbocycles. The second-order valence-corrected chi connectivity index (χ2v) is 10.1. The number of rotatable bonds is 5. The van der Waals surface area contributed by atoms with Crippen molar-refractivity contribution in [2.24, 2.45) is 7.05 Å². The van der Waals surface area contributed by atoms with E-state index in [1.807, 2.05) is 18.2 Å². The zero-order valence-electron chi connectivity index (χ0n) is 20.5. The molecular formula is C27H26FN5O3S. The van der Waals surface area contributed by atoms with E-state index in [-0.39, 0.29) is 34.6 Å². The number of hydrogen-bond acceptors (Lipinski definition) is 6. The van der Waals surface area contributed by atoms with Crippen molar-refractivity contribution >= 4 is 50.4 Å². The lowest BCUT2D eigenvalue weighted by atomic mass is 9.89. The SMILES string of the molecule is CC(=O)Nc1c(Nc2ccc3ncsc3c2)c(C(=O)N2CCC(c3ccc(F)cc3)CC2)cn(C)c1=O. The second-order valence-electron chi connectivity index (χ2n) is 9.17. The molecule has 4 aromatic rings. The number of nitrogens with one attached hydrogen (secondary N) is 2. The molecule has 0 unspecified atom stereocenters. The number of benzene rings is 2. The number of pyridine rings is 1. The molecule has 2 aromatic heterocycles. The van der Waals surface area contributed by atoms with Gasteiger partial charge in [0.25, 0.3) is 11.5 Å². The molecular weight excluding hydrogens is 493 g/mol. The summed E-state index contributed by atoms with van der Waals surface area (Å²) in [5.74, 6) is -0.678. The standard InChI is InChI=1S/C27H26FN5O3S/c1-16(34)30-25-24(31-20-7-8-22-23(13-20)37-15-29-22)21(14-32(2)27(25)36)26(35)33-11-9-18(10-12-33)17-3-5-19(28)6-4-17/h3-8,13-15,18,31H,9-12H2,1-2H3,(H,30,34). The van der Waals surface area contributed by atoms with Crippen LogP contribution in [0, 0.1) is 5.82 Å². The molecule has 0 bridgehead atoms.